The molecule has 1 heterocycles. The quantitative estimate of drug-likeness (QED) is 0.129. The van der Waals surface area contributed by atoms with Crippen molar-refractivity contribution in [1.29, 1.82) is 0 Å². The predicted molar refractivity (Wildman–Crippen MR) is 158 cm³/mol. The minimum absolute atomic E-state index is 0.210. The van der Waals surface area contributed by atoms with Crippen molar-refractivity contribution in [3.05, 3.63) is 73.0 Å². The third kappa shape index (κ3) is 7.01. The summed E-state index contributed by atoms with van der Waals surface area (Å²) in [4.78, 5) is 38.7. The fraction of sp³-hybridized carbons (Fsp3) is 0.286. The van der Waals surface area contributed by atoms with Crippen LogP contribution in [0.1, 0.15) is 51.7 Å². The summed E-state index contributed by atoms with van der Waals surface area (Å²) >= 11 is 11.0. The van der Waals surface area contributed by atoms with Crippen molar-refractivity contribution < 1.29 is 28.6 Å². The van der Waals surface area contributed by atoms with Crippen molar-refractivity contribution in [3.63, 3.8) is 0 Å². The van der Waals surface area contributed by atoms with E-state index in [1.165, 1.54) is 24.7 Å². The predicted octanol–water partition coefficient (Wildman–Crippen LogP) is 5.90. The minimum atomic E-state index is -0.983. The molecule has 0 aliphatic heterocycles. The van der Waals surface area contributed by atoms with Crippen molar-refractivity contribution >= 4 is 67.9 Å². The van der Waals surface area contributed by atoms with Gasteiger partial charge >= 0.3 is 17.8 Å². The Kier molecular flexibility index (Phi) is 10.2. The Hall–Kier alpha value is -3.41. The molecular formula is C28H27BrClN3O6S. The molecule has 2 aromatic carbocycles. The molecule has 1 aliphatic carbocycles. The summed E-state index contributed by atoms with van der Waals surface area (Å²) in [5.41, 5.74) is 4.84. The first-order chi connectivity index (χ1) is 19.3. The molecule has 0 fully saturated rings. The number of hydrogen-bond donors (Lipinski definition) is 2. The molecule has 0 atom stereocenters. The van der Waals surface area contributed by atoms with E-state index >= 15 is 0 Å². The molecule has 0 unspecified atom stereocenters. The average Bonchev–Trinajstić information content (AvgIpc) is 3.31. The number of fused-ring (bicyclic) bond motifs is 1. The molecule has 12 heteroatoms. The highest BCUT2D eigenvalue weighted by atomic mass is 79.9. The van der Waals surface area contributed by atoms with Crippen molar-refractivity contribution in [2.75, 3.05) is 19.0 Å². The maximum absolute atomic E-state index is 12.6. The van der Waals surface area contributed by atoms with Crippen molar-refractivity contribution in [2.24, 2.45) is 5.10 Å². The maximum Gasteiger partial charge on any atom is 0.341 e. The molecule has 2 amide bonds. The van der Waals surface area contributed by atoms with Gasteiger partial charge in [-0.3, -0.25) is 9.59 Å². The van der Waals surface area contributed by atoms with Crippen LogP contribution >= 0.6 is 38.9 Å². The second kappa shape index (κ2) is 13.8. The molecule has 1 aromatic heterocycles. The Morgan fingerprint density at radius 2 is 1.93 bits per heavy atom. The molecule has 3 aromatic rings. The number of rotatable bonds is 9. The number of anilines is 1. The van der Waals surface area contributed by atoms with Crippen LogP contribution in [-0.2, 0) is 33.8 Å². The lowest BCUT2D eigenvalue weighted by Gasteiger charge is -2.14. The number of aryl methyl sites for hydroxylation is 1. The standard InChI is InChI=1S/C28H27BrClN3O6S/c1-3-38-28(36)23-18-9-5-7-11-22(18)40-27(23)32-25(34)26(35)33-31-14-16-12-19(29)24(21(13-16)37-2)39-15-17-8-4-6-10-20(17)30/h4,6,8,10,12-14H,3,5,7,9,11,15H2,1-2H3,(H,32,34)(H,33,35)/b31-14+. The van der Waals surface area contributed by atoms with Crippen molar-refractivity contribution in [3.8, 4) is 11.5 Å². The third-order valence-electron chi connectivity index (χ3n) is 6.05. The summed E-state index contributed by atoms with van der Waals surface area (Å²) in [5, 5.41) is 7.37. The van der Waals surface area contributed by atoms with Crippen LogP contribution in [0.5, 0.6) is 11.5 Å². The number of nitrogens with zero attached hydrogens (tertiary/aromatic N) is 1. The van der Waals surface area contributed by atoms with Gasteiger partial charge in [-0.2, -0.15) is 5.10 Å². The highest BCUT2D eigenvalue weighted by Crippen LogP contribution is 2.39. The van der Waals surface area contributed by atoms with Crippen LogP contribution in [-0.4, -0.2) is 37.7 Å². The zero-order valence-corrected chi connectivity index (χ0v) is 25.0. The lowest BCUT2D eigenvalue weighted by Crippen LogP contribution is -2.32. The average molecular weight is 649 g/mol. The molecular weight excluding hydrogens is 622 g/mol. The summed E-state index contributed by atoms with van der Waals surface area (Å²) in [6.45, 7) is 2.16. The molecule has 0 spiro atoms. The fourth-order valence-corrected chi connectivity index (χ4v) is 6.21. The van der Waals surface area contributed by atoms with Gasteiger partial charge in [-0.05, 0) is 77.9 Å². The number of benzene rings is 2. The van der Waals surface area contributed by atoms with Gasteiger partial charge in [0, 0.05) is 15.5 Å². The highest BCUT2D eigenvalue weighted by molar-refractivity contribution is 9.10. The number of hydrogen-bond acceptors (Lipinski definition) is 8. The molecule has 1 aliphatic rings. The molecule has 0 radical (unpaired) electrons. The van der Waals surface area contributed by atoms with Gasteiger partial charge < -0.3 is 19.5 Å². The number of carbonyl (C=O) groups is 3. The minimum Gasteiger partial charge on any atom is -0.493 e. The Balaban J connectivity index is 1.41. The van der Waals surface area contributed by atoms with E-state index in [1.54, 1.807) is 25.1 Å². The molecule has 210 valence electrons. The van der Waals surface area contributed by atoms with Gasteiger partial charge in [0.25, 0.3) is 0 Å². The molecule has 0 saturated heterocycles. The van der Waals surface area contributed by atoms with Gasteiger partial charge in [0.2, 0.25) is 0 Å². The van der Waals surface area contributed by atoms with E-state index in [2.05, 4.69) is 31.8 Å². The van der Waals surface area contributed by atoms with E-state index in [9.17, 15) is 14.4 Å². The smallest absolute Gasteiger partial charge is 0.341 e. The van der Waals surface area contributed by atoms with E-state index in [1.807, 2.05) is 18.2 Å². The largest absolute Gasteiger partial charge is 0.493 e. The topological polar surface area (TPSA) is 115 Å². The lowest BCUT2D eigenvalue weighted by molar-refractivity contribution is -0.136. The van der Waals surface area contributed by atoms with Gasteiger partial charge in [0.15, 0.2) is 11.5 Å². The molecule has 40 heavy (non-hydrogen) atoms. The second-order valence-corrected chi connectivity index (χ2v) is 11.1. The number of nitrogens with one attached hydrogen (secondary N) is 2. The summed E-state index contributed by atoms with van der Waals surface area (Å²) in [6, 6.07) is 10.8. The van der Waals surface area contributed by atoms with Gasteiger partial charge in [-0.1, -0.05) is 29.8 Å². The number of halogens is 2. The van der Waals surface area contributed by atoms with Gasteiger partial charge in [0.05, 0.1) is 30.0 Å². The first-order valence-corrected chi connectivity index (χ1v) is 14.5. The van der Waals surface area contributed by atoms with Gasteiger partial charge in [-0.25, -0.2) is 10.2 Å². The molecule has 0 bridgehead atoms. The normalized spacial score (nSPS) is 12.5. The first-order valence-electron chi connectivity index (χ1n) is 12.5. The molecule has 0 saturated carbocycles. The number of methoxy groups -OCH3 is 1. The lowest BCUT2D eigenvalue weighted by atomic mass is 9.95. The van der Waals surface area contributed by atoms with Crippen LogP contribution in [0, 0.1) is 0 Å². The van der Waals surface area contributed by atoms with E-state index in [4.69, 9.17) is 25.8 Å². The fourth-order valence-electron chi connectivity index (χ4n) is 4.17. The summed E-state index contributed by atoms with van der Waals surface area (Å²) < 4.78 is 17.2. The number of hydrazone groups is 1. The van der Waals surface area contributed by atoms with Crippen LogP contribution < -0.4 is 20.2 Å². The summed E-state index contributed by atoms with van der Waals surface area (Å²) in [7, 11) is 1.50. The molecule has 2 N–H and O–H groups in total. The number of ether oxygens (including phenoxy) is 3. The maximum atomic E-state index is 12.6. The van der Waals surface area contributed by atoms with Crippen molar-refractivity contribution in [2.45, 2.75) is 39.2 Å². The SMILES string of the molecule is CCOC(=O)c1c(NC(=O)C(=O)N/N=C/c2cc(Br)c(OCc3ccccc3Cl)c(OC)c2)sc2c1CCCC2. The van der Waals surface area contributed by atoms with E-state index in [-0.39, 0.29) is 13.2 Å². The third-order valence-corrected chi connectivity index (χ3v) is 8.21. The highest BCUT2D eigenvalue weighted by Gasteiger charge is 2.28. The van der Waals surface area contributed by atoms with Crippen LogP contribution in [0.4, 0.5) is 5.00 Å². The Morgan fingerprint density at radius 3 is 2.67 bits per heavy atom. The van der Waals surface area contributed by atoms with Crippen LogP contribution in [0.25, 0.3) is 0 Å². The van der Waals surface area contributed by atoms with Gasteiger partial charge in [0.1, 0.15) is 11.6 Å². The summed E-state index contributed by atoms with van der Waals surface area (Å²) in [6.07, 6.45) is 4.88. The monoisotopic (exact) mass is 647 g/mol. The zero-order chi connectivity index (χ0) is 28.6. The van der Waals surface area contributed by atoms with E-state index in [0.29, 0.717) is 37.1 Å². The van der Waals surface area contributed by atoms with Crippen molar-refractivity contribution in [1.82, 2.24) is 5.43 Å². The second-order valence-electron chi connectivity index (χ2n) is 8.70. The summed E-state index contributed by atoms with van der Waals surface area (Å²) in [5.74, 6) is -1.53. The number of thiophene rings is 1. The molecule has 4 rings (SSSR count). The Bertz CT molecular complexity index is 1460. The first kappa shape index (κ1) is 29.6. The number of esters is 1. The number of carbonyl (C=O) groups excluding carboxylic acids is 3. The van der Waals surface area contributed by atoms with E-state index < -0.39 is 17.8 Å². The number of amides is 2. The van der Waals surface area contributed by atoms with E-state index in [0.717, 1.165) is 41.7 Å². The van der Waals surface area contributed by atoms with Crippen LogP contribution in [0.15, 0.2) is 46.0 Å². The molecule has 9 nitrogen and oxygen atoms in total. The Labute approximate surface area is 249 Å². The van der Waals surface area contributed by atoms with Crippen LogP contribution in [0.2, 0.25) is 5.02 Å². The zero-order valence-electron chi connectivity index (χ0n) is 21.8. The Morgan fingerprint density at radius 1 is 1.15 bits per heavy atom. The van der Waals surface area contributed by atoms with Crippen LogP contribution in [0.3, 0.4) is 0 Å². The van der Waals surface area contributed by atoms with Gasteiger partial charge in [-0.15, -0.1) is 11.3 Å².